The van der Waals surface area contributed by atoms with E-state index in [1.807, 2.05) is 19.1 Å². The standard InChI is InChI=1S/C19H30N2O/c1-5-16-9-11-17(12-10-16)21-19(22)15(4)20-18-8-6-7-13(2)14(18)3/h9-15,18,20H,5-8H2,1-4H3,(H,21,22)/t13-,14-,15-,18-/m0/s1. The van der Waals surface area contributed by atoms with E-state index in [2.05, 4.69) is 43.5 Å². The molecule has 3 heteroatoms. The number of carbonyl (C=O) groups is 1. The Morgan fingerprint density at radius 1 is 1.23 bits per heavy atom. The molecule has 22 heavy (non-hydrogen) atoms. The first-order valence-corrected chi connectivity index (χ1v) is 8.67. The molecule has 1 aliphatic rings. The van der Waals surface area contributed by atoms with E-state index in [1.165, 1.54) is 24.8 Å². The van der Waals surface area contributed by atoms with Gasteiger partial charge in [0.25, 0.3) is 0 Å². The number of benzene rings is 1. The van der Waals surface area contributed by atoms with Gasteiger partial charge >= 0.3 is 0 Å². The van der Waals surface area contributed by atoms with E-state index in [0.717, 1.165) is 18.0 Å². The molecule has 2 N–H and O–H groups in total. The molecule has 2 rings (SSSR count). The number of aryl methyl sites for hydroxylation is 1. The molecule has 0 heterocycles. The van der Waals surface area contributed by atoms with Crippen molar-refractivity contribution >= 4 is 11.6 Å². The quantitative estimate of drug-likeness (QED) is 0.863. The lowest BCUT2D eigenvalue weighted by Gasteiger charge is -2.36. The Morgan fingerprint density at radius 2 is 1.91 bits per heavy atom. The Balaban J connectivity index is 1.88. The molecule has 0 bridgehead atoms. The molecular weight excluding hydrogens is 272 g/mol. The molecule has 122 valence electrons. The molecule has 4 atom stereocenters. The van der Waals surface area contributed by atoms with Crippen molar-refractivity contribution in [3.05, 3.63) is 29.8 Å². The molecule has 1 amide bonds. The average molecular weight is 302 g/mol. The van der Waals surface area contributed by atoms with Crippen LogP contribution in [0, 0.1) is 11.8 Å². The number of anilines is 1. The minimum atomic E-state index is -0.163. The number of hydrogen-bond acceptors (Lipinski definition) is 2. The van der Waals surface area contributed by atoms with Crippen LogP contribution in [0.25, 0.3) is 0 Å². The van der Waals surface area contributed by atoms with E-state index in [9.17, 15) is 4.79 Å². The minimum absolute atomic E-state index is 0.0506. The van der Waals surface area contributed by atoms with Crippen LogP contribution >= 0.6 is 0 Å². The molecule has 1 saturated carbocycles. The van der Waals surface area contributed by atoms with E-state index in [0.29, 0.717) is 12.0 Å². The predicted molar refractivity (Wildman–Crippen MR) is 93.0 cm³/mol. The fourth-order valence-corrected chi connectivity index (χ4v) is 3.29. The Kier molecular flexibility index (Phi) is 6.01. The van der Waals surface area contributed by atoms with E-state index >= 15 is 0 Å². The molecule has 1 fully saturated rings. The molecule has 1 aromatic carbocycles. The largest absolute Gasteiger partial charge is 0.325 e. The summed E-state index contributed by atoms with van der Waals surface area (Å²) in [6.07, 6.45) is 4.76. The van der Waals surface area contributed by atoms with Crippen LogP contribution in [-0.2, 0) is 11.2 Å². The second kappa shape index (κ2) is 7.77. The maximum Gasteiger partial charge on any atom is 0.241 e. The summed E-state index contributed by atoms with van der Waals surface area (Å²) in [7, 11) is 0. The third-order valence-corrected chi connectivity index (χ3v) is 5.19. The van der Waals surface area contributed by atoms with Gasteiger partial charge in [-0.1, -0.05) is 45.7 Å². The zero-order valence-electron chi connectivity index (χ0n) is 14.4. The van der Waals surface area contributed by atoms with Crippen molar-refractivity contribution < 1.29 is 4.79 Å². The first-order valence-electron chi connectivity index (χ1n) is 8.67. The Bertz CT molecular complexity index is 483. The molecule has 0 aromatic heterocycles. The highest BCUT2D eigenvalue weighted by Gasteiger charge is 2.29. The lowest BCUT2D eigenvalue weighted by molar-refractivity contribution is -0.118. The summed E-state index contributed by atoms with van der Waals surface area (Å²) in [5, 5.41) is 6.54. The van der Waals surface area contributed by atoms with Gasteiger partial charge in [0.05, 0.1) is 6.04 Å². The van der Waals surface area contributed by atoms with Crippen LogP contribution < -0.4 is 10.6 Å². The molecule has 1 aromatic rings. The highest BCUT2D eigenvalue weighted by atomic mass is 16.2. The summed E-state index contributed by atoms with van der Waals surface area (Å²) in [6, 6.07) is 8.39. The van der Waals surface area contributed by atoms with Gasteiger partial charge in [0.1, 0.15) is 0 Å². The maximum atomic E-state index is 12.4. The number of nitrogens with one attached hydrogen (secondary N) is 2. The van der Waals surface area contributed by atoms with Gasteiger partial charge in [-0.2, -0.15) is 0 Å². The smallest absolute Gasteiger partial charge is 0.241 e. The van der Waals surface area contributed by atoms with Crippen LogP contribution in [0.2, 0.25) is 0 Å². The minimum Gasteiger partial charge on any atom is -0.325 e. The number of hydrogen-bond donors (Lipinski definition) is 2. The number of rotatable bonds is 5. The summed E-state index contributed by atoms with van der Waals surface area (Å²) >= 11 is 0. The van der Waals surface area contributed by atoms with Crippen molar-refractivity contribution in [2.45, 2.75) is 65.5 Å². The van der Waals surface area contributed by atoms with Crippen molar-refractivity contribution in [1.29, 1.82) is 0 Å². The molecule has 0 aliphatic heterocycles. The molecule has 0 saturated heterocycles. The zero-order chi connectivity index (χ0) is 16.1. The van der Waals surface area contributed by atoms with Gasteiger partial charge in [-0.15, -0.1) is 0 Å². The fraction of sp³-hybridized carbons (Fsp3) is 0.632. The molecule has 0 unspecified atom stereocenters. The van der Waals surface area contributed by atoms with Crippen LogP contribution in [0.4, 0.5) is 5.69 Å². The van der Waals surface area contributed by atoms with Gasteiger partial charge in [0.15, 0.2) is 0 Å². The second-order valence-corrected chi connectivity index (χ2v) is 6.80. The first-order chi connectivity index (χ1) is 10.5. The predicted octanol–water partition coefficient (Wildman–Crippen LogP) is 3.99. The highest BCUT2D eigenvalue weighted by Crippen LogP contribution is 2.29. The highest BCUT2D eigenvalue weighted by molar-refractivity contribution is 5.94. The van der Waals surface area contributed by atoms with E-state index in [1.54, 1.807) is 0 Å². The van der Waals surface area contributed by atoms with E-state index in [-0.39, 0.29) is 11.9 Å². The van der Waals surface area contributed by atoms with Crippen LogP contribution in [0.3, 0.4) is 0 Å². The summed E-state index contributed by atoms with van der Waals surface area (Å²) < 4.78 is 0. The number of amides is 1. The van der Waals surface area contributed by atoms with Gasteiger partial charge < -0.3 is 10.6 Å². The van der Waals surface area contributed by atoms with Gasteiger partial charge in [-0.3, -0.25) is 4.79 Å². The normalized spacial score (nSPS) is 26.5. The third-order valence-electron chi connectivity index (χ3n) is 5.19. The van der Waals surface area contributed by atoms with Crippen molar-refractivity contribution in [3.63, 3.8) is 0 Å². The Hall–Kier alpha value is -1.35. The van der Waals surface area contributed by atoms with Crippen LogP contribution in [0.5, 0.6) is 0 Å². The topological polar surface area (TPSA) is 41.1 Å². The average Bonchev–Trinajstić information content (AvgIpc) is 2.52. The van der Waals surface area contributed by atoms with Gasteiger partial charge in [-0.05, 0) is 49.3 Å². The van der Waals surface area contributed by atoms with Gasteiger partial charge in [-0.25, -0.2) is 0 Å². The maximum absolute atomic E-state index is 12.4. The van der Waals surface area contributed by atoms with Crippen molar-refractivity contribution in [1.82, 2.24) is 5.32 Å². The summed E-state index contributed by atoms with van der Waals surface area (Å²) in [5.74, 6) is 1.42. The van der Waals surface area contributed by atoms with Crippen molar-refractivity contribution in [3.8, 4) is 0 Å². The molecule has 0 spiro atoms. The van der Waals surface area contributed by atoms with Crippen molar-refractivity contribution in [2.75, 3.05) is 5.32 Å². The molecule has 3 nitrogen and oxygen atoms in total. The summed E-state index contributed by atoms with van der Waals surface area (Å²) in [5.41, 5.74) is 2.16. The lowest BCUT2D eigenvalue weighted by Crippen LogP contribution is -2.49. The fourth-order valence-electron chi connectivity index (χ4n) is 3.29. The summed E-state index contributed by atoms with van der Waals surface area (Å²) in [4.78, 5) is 12.4. The van der Waals surface area contributed by atoms with Gasteiger partial charge in [0, 0.05) is 11.7 Å². The SMILES string of the molecule is CCc1ccc(NC(=O)[C@H](C)N[C@H]2CCC[C@H](C)[C@@H]2C)cc1. The molecular formula is C19H30N2O. The molecule has 1 aliphatic carbocycles. The van der Waals surface area contributed by atoms with Crippen molar-refractivity contribution in [2.24, 2.45) is 11.8 Å². The summed E-state index contributed by atoms with van der Waals surface area (Å²) in [6.45, 7) is 8.71. The first kappa shape index (κ1) is 17.0. The lowest BCUT2D eigenvalue weighted by atomic mass is 9.78. The Morgan fingerprint density at radius 3 is 2.55 bits per heavy atom. The Labute approximate surface area is 134 Å². The molecule has 0 radical (unpaired) electrons. The van der Waals surface area contributed by atoms with Crippen LogP contribution in [0.1, 0.15) is 52.5 Å². The van der Waals surface area contributed by atoms with Crippen LogP contribution in [-0.4, -0.2) is 18.0 Å². The van der Waals surface area contributed by atoms with Crippen LogP contribution in [0.15, 0.2) is 24.3 Å². The van der Waals surface area contributed by atoms with E-state index < -0.39 is 0 Å². The second-order valence-electron chi connectivity index (χ2n) is 6.80. The number of carbonyl (C=O) groups excluding carboxylic acids is 1. The monoisotopic (exact) mass is 302 g/mol. The van der Waals surface area contributed by atoms with Gasteiger partial charge in [0.2, 0.25) is 5.91 Å². The van der Waals surface area contributed by atoms with E-state index in [4.69, 9.17) is 0 Å². The zero-order valence-corrected chi connectivity index (χ0v) is 14.4. The third kappa shape index (κ3) is 4.33.